The lowest BCUT2D eigenvalue weighted by Crippen LogP contribution is -2.37. The Morgan fingerprint density at radius 3 is 3.21 bits per heavy atom. The molecule has 1 fully saturated rings. The molecular weight excluding hydrogens is 244 g/mol. The summed E-state index contributed by atoms with van der Waals surface area (Å²) in [6.07, 6.45) is 4.36. The van der Waals surface area contributed by atoms with Crippen molar-refractivity contribution in [2.24, 2.45) is 0 Å². The normalized spacial score (nSPS) is 22.7. The molecule has 1 saturated heterocycles. The smallest absolute Gasteiger partial charge is 0.147 e. The van der Waals surface area contributed by atoms with Crippen LogP contribution < -0.4 is 4.90 Å². The van der Waals surface area contributed by atoms with Gasteiger partial charge in [0.05, 0.1) is 6.20 Å². The number of piperidine rings is 1. The fourth-order valence-electron chi connectivity index (χ4n) is 1.86. The molecule has 0 amide bonds. The van der Waals surface area contributed by atoms with E-state index in [2.05, 4.69) is 38.1 Å². The van der Waals surface area contributed by atoms with Crippen LogP contribution in [-0.4, -0.2) is 32.9 Å². The molecule has 0 spiro atoms. The predicted molar refractivity (Wildman–Crippen MR) is 59.9 cm³/mol. The van der Waals surface area contributed by atoms with Crippen LogP contribution in [0.4, 0.5) is 5.82 Å². The predicted octanol–water partition coefficient (Wildman–Crippen LogP) is 1.66. The number of halogens is 1. The lowest BCUT2D eigenvalue weighted by molar-refractivity contribution is 0.557. The van der Waals surface area contributed by atoms with Gasteiger partial charge in [-0.3, -0.25) is 0 Å². The zero-order chi connectivity index (χ0) is 9.97. The number of alkyl halides is 1. The fourth-order valence-corrected chi connectivity index (χ4v) is 2.53. The van der Waals surface area contributed by atoms with Gasteiger partial charge < -0.3 is 4.90 Å². The average Bonchev–Trinajstić information content (AvgIpc) is 2.65. The van der Waals surface area contributed by atoms with Crippen molar-refractivity contribution in [1.82, 2.24) is 15.0 Å². The number of rotatable bonds is 2. The van der Waals surface area contributed by atoms with E-state index in [1.807, 2.05) is 10.9 Å². The summed E-state index contributed by atoms with van der Waals surface area (Å²) in [5.41, 5.74) is 0. The zero-order valence-electron chi connectivity index (χ0n) is 8.36. The number of nitrogens with zero attached hydrogens (tertiary/aromatic N) is 4. The van der Waals surface area contributed by atoms with E-state index in [-0.39, 0.29) is 0 Å². The largest absolute Gasteiger partial charge is 0.354 e. The molecule has 0 aromatic carbocycles. The maximum Gasteiger partial charge on any atom is 0.147 e. The second-order valence-corrected chi connectivity index (χ2v) is 4.89. The van der Waals surface area contributed by atoms with Crippen molar-refractivity contribution in [3.63, 3.8) is 0 Å². The molecule has 0 saturated carbocycles. The van der Waals surface area contributed by atoms with Crippen molar-refractivity contribution in [2.75, 3.05) is 18.0 Å². The molecule has 0 radical (unpaired) electrons. The number of anilines is 1. The lowest BCUT2D eigenvalue weighted by Gasteiger charge is -2.31. The van der Waals surface area contributed by atoms with E-state index in [4.69, 9.17) is 0 Å². The van der Waals surface area contributed by atoms with Crippen LogP contribution in [0.1, 0.15) is 19.8 Å². The minimum atomic E-state index is 0.608. The highest BCUT2D eigenvalue weighted by molar-refractivity contribution is 9.09. The van der Waals surface area contributed by atoms with Crippen molar-refractivity contribution in [1.29, 1.82) is 0 Å². The monoisotopic (exact) mass is 258 g/mol. The summed E-state index contributed by atoms with van der Waals surface area (Å²) in [5.74, 6) is 1.15. The summed E-state index contributed by atoms with van der Waals surface area (Å²) < 4.78 is 1.95. The molecule has 1 unspecified atom stereocenters. The van der Waals surface area contributed by atoms with Crippen LogP contribution in [-0.2, 0) is 6.54 Å². The SMILES string of the molecule is CCn1nncc1N1CCCC(Br)C1. The molecule has 0 aliphatic carbocycles. The van der Waals surface area contributed by atoms with Gasteiger partial charge in [-0.15, -0.1) is 5.10 Å². The summed E-state index contributed by atoms with van der Waals surface area (Å²) in [6, 6.07) is 0. The Morgan fingerprint density at radius 1 is 1.64 bits per heavy atom. The maximum atomic E-state index is 4.04. The Labute approximate surface area is 92.4 Å². The van der Waals surface area contributed by atoms with Crippen LogP contribution in [0.2, 0.25) is 0 Å². The third kappa shape index (κ3) is 1.92. The number of hydrogen-bond donors (Lipinski definition) is 0. The molecule has 14 heavy (non-hydrogen) atoms. The van der Waals surface area contributed by atoms with Crippen molar-refractivity contribution in [3.05, 3.63) is 6.20 Å². The fraction of sp³-hybridized carbons (Fsp3) is 0.778. The minimum absolute atomic E-state index is 0.608. The van der Waals surface area contributed by atoms with E-state index < -0.39 is 0 Å². The topological polar surface area (TPSA) is 34.0 Å². The van der Waals surface area contributed by atoms with Crippen LogP contribution in [0.5, 0.6) is 0 Å². The van der Waals surface area contributed by atoms with Crippen molar-refractivity contribution in [3.8, 4) is 0 Å². The molecule has 1 aliphatic rings. The van der Waals surface area contributed by atoms with Crippen molar-refractivity contribution in [2.45, 2.75) is 31.1 Å². The maximum absolute atomic E-state index is 4.04. The van der Waals surface area contributed by atoms with E-state index in [1.165, 1.54) is 12.8 Å². The summed E-state index contributed by atoms with van der Waals surface area (Å²) in [6.45, 7) is 5.16. The summed E-state index contributed by atoms with van der Waals surface area (Å²) in [5, 5.41) is 7.99. The van der Waals surface area contributed by atoms with Crippen LogP contribution >= 0.6 is 15.9 Å². The average molecular weight is 259 g/mol. The molecule has 78 valence electrons. The van der Waals surface area contributed by atoms with E-state index in [9.17, 15) is 0 Å². The molecule has 1 aromatic rings. The molecule has 1 aliphatic heterocycles. The molecule has 5 heteroatoms. The molecule has 0 bridgehead atoms. The molecule has 0 N–H and O–H groups in total. The summed E-state index contributed by atoms with van der Waals surface area (Å²) in [4.78, 5) is 2.96. The number of aromatic nitrogens is 3. The molecule has 2 rings (SSSR count). The third-order valence-electron chi connectivity index (χ3n) is 2.58. The summed E-state index contributed by atoms with van der Waals surface area (Å²) >= 11 is 3.67. The number of aryl methyl sites for hydroxylation is 1. The van der Waals surface area contributed by atoms with Gasteiger partial charge in [-0.1, -0.05) is 21.1 Å². The van der Waals surface area contributed by atoms with Gasteiger partial charge in [-0.25, -0.2) is 4.68 Å². The Kier molecular flexibility index (Phi) is 3.05. The van der Waals surface area contributed by atoms with Crippen LogP contribution in [0.25, 0.3) is 0 Å². The van der Waals surface area contributed by atoms with Gasteiger partial charge in [0.15, 0.2) is 0 Å². The first kappa shape index (κ1) is 9.96. The zero-order valence-corrected chi connectivity index (χ0v) is 9.94. The molecule has 2 heterocycles. The van der Waals surface area contributed by atoms with Gasteiger partial charge in [-0.05, 0) is 19.8 Å². The van der Waals surface area contributed by atoms with Gasteiger partial charge >= 0.3 is 0 Å². The standard InChI is InChI=1S/C9H15BrN4/c1-2-14-9(6-11-12-14)13-5-3-4-8(10)7-13/h6,8H,2-5,7H2,1H3. The van der Waals surface area contributed by atoms with Crippen molar-refractivity contribution < 1.29 is 0 Å². The quantitative estimate of drug-likeness (QED) is 0.757. The highest BCUT2D eigenvalue weighted by Gasteiger charge is 2.20. The van der Waals surface area contributed by atoms with Gasteiger partial charge in [0.2, 0.25) is 0 Å². The van der Waals surface area contributed by atoms with Gasteiger partial charge in [0.25, 0.3) is 0 Å². The highest BCUT2D eigenvalue weighted by Crippen LogP contribution is 2.22. The Balaban J connectivity index is 2.13. The lowest BCUT2D eigenvalue weighted by atomic mass is 10.1. The Morgan fingerprint density at radius 2 is 2.50 bits per heavy atom. The first-order chi connectivity index (χ1) is 6.81. The van der Waals surface area contributed by atoms with Crippen molar-refractivity contribution >= 4 is 21.7 Å². The Hall–Kier alpha value is -0.580. The van der Waals surface area contributed by atoms with E-state index in [0.29, 0.717) is 4.83 Å². The first-order valence-electron chi connectivity index (χ1n) is 5.08. The van der Waals surface area contributed by atoms with Gasteiger partial charge in [0.1, 0.15) is 5.82 Å². The molecule has 1 aromatic heterocycles. The third-order valence-corrected chi connectivity index (χ3v) is 3.33. The minimum Gasteiger partial charge on any atom is -0.354 e. The van der Waals surface area contributed by atoms with Crippen LogP contribution in [0, 0.1) is 0 Å². The van der Waals surface area contributed by atoms with E-state index in [0.717, 1.165) is 25.5 Å². The van der Waals surface area contributed by atoms with Gasteiger partial charge in [-0.2, -0.15) is 0 Å². The second kappa shape index (κ2) is 4.29. The van der Waals surface area contributed by atoms with Crippen LogP contribution in [0.15, 0.2) is 6.20 Å². The molecular formula is C9H15BrN4. The molecule has 1 atom stereocenters. The summed E-state index contributed by atoms with van der Waals surface area (Å²) in [7, 11) is 0. The van der Waals surface area contributed by atoms with Gasteiger partial charge in [0, 0.05) is 24.5 Å². The van der Waals surface area contributed by atoms with E-state index >= 15 is 0 Å². The Bertz CT molecular complexity index is 299. The van der Waals surface area contributed by atoms with Crippen LogP contribution in [0.3, 0.4) is 0 Å². The second-order valence-electron chi connectivity index (χ2n) is 3.59. The number of hydrogen-bond acceptors (Lipinski definition) is 3. The molecule has 4 nitrogen and oxygen atoms in total. The van der Waals surface area contributed by atoms with E-state index in [1.54, 1.807) is 0 Å². The first-order valence-corrected chi connectivity index (χ1v) is 6.00. The highest BCUT2D eigenvalue weighted by atomic mass is 79.9.